The van der Waals surface area contributed by atoms with Crippen LogP contribution in [0.25, 0.3) is 0 Å². The number of rotatable bonds is 6. The molecule has 0 spiro atoms. The Labute approximate surface area is 124 Å². The van der Waals surface area contributed by atoms with Gasteiger partial charge in [0.05, 0.1) is 11.2 Å². The molecule has 0 aliphatic carbocycles. The number of thiazole rings is 1. The predicted octanol–water partition coefficient (Wildman–Crippen LogP) is 4.18. The molecule has 1 N–H and O–H groups in total. The molecule has 1 atom stereocenters. The average Bonchev–Trinajstić information content (AvgIpc) is 2.84. The van der Waals surface area contributed by atoms with Crippen molar-refractivity contribution < 1.29 is 4.39 Å². The van der Waals surface area contributed by atoms with E-state index >= 15 is 0 Å². The lowest BCUT2D eigenvalue weighted by Gasteiger charge is -2.19. The van der Waals surface area contributed by atoms with Gasteiger partial charge in [0.2, 0.25) is 0 Å². The normalized spacial score (nSPS) is 12.6. The van der Waals surface area contributed by atoms with Crippen LogP contribution in [0.2, 0.25) is 0 Å². The van der Waals surface area contributed by atoms with E-state index in [2.05, 4.69) is 17.2 Å². The monoisotopic (exact) mass is 292 g/mol. The van der Waals surface area contributed by atoms with Crippen LogP contribution in [0.3, 0.4) is 0 Å². The fraction of sp³-hybridized carbons (Fsp3) is 0.438. The number of nitrogens with zero attached hydrogens (tertiary/aromatic N) is 1. The fourth-order valence-electron chi connectivity index (χ4n) is 2.30. The fourth-order valence-corrected chi connectivity index (χ4v) is 3.18. The lowest BCUT2D eigenvalue weighted by atomic mass is 9.99. The SMILES string of the molecule is CCCNC(Cc1cc(F)ccc1C)c1scnc1C. The zero-order chi connectivity index (χ0) is 14.5. The first-order valence-electron chi connectivity index (χ1n) is 7.00. The summed E-state index contributed by atoms with van der Waals surface area (Å²) in [6.07, 6.45) is 1.88. The van der Waals surface area contributed by atoms with Crippen LogP contribution in [0.1, 0.15) is 41.1 Å². The minimum atomic E-state index is -0.166. The standard InChI is InChI=1S/C16H21FN2S/c1-4-7-18-15(16-12(3)19-10-20-16)9-13-8-14(17)6-5-11(13)2/h5-6,8,10,15,18H,4,7,9H2,1-3H3. The Kier molecular flexibility index (Phi) is 5.26. The first kappa shape index (κ1) is 15.1. The van der Waals surface area contributed by atoms with Gasteiger partial charge in [-0.1, -0.05) is 13.0 Å². The number of hydrogen-bond donors (Lipinski definition) is 1. The summed E-state index contributed by atoms with van der Waals surface area (Å²) < 4.78 is 13.4. The van der Waals surface area contributed by atoms with E-state index in [9.17, 15) is 4.39 Å². The Morgan fingerprint density at radius 3 is 2.80 bits per heavy atom. The maximum atomic E-state index is 13.4. The van der Waals surface area contributed by atoms with E-state index in [0.29, 0.717) is 0 Å². The molecule has 1 aromatic heterocycles. The van der Waals surface area contributed by atoms with Gasteiger partial charge in [-0.3, -0.25) is 0 Å². The summed E-state index contributed by atoms with van der Waals surface area (Å²) >= 11 is 1.67. The molecule has 0 saturated carbocycles. The summed E-state index contributed by atoms with van der Waals surface area (Å²) in [5.74, 6) is -0.166. The number of hydrogen-bond acceptors (Lipinski definition) is 3. The third-order valence-corrected chi connectivity index (χ3v) is 4.52. The van der Waals surface area contributed by atoms with Crippen LogP contribution >= 0.6 is 11.3 Å². The summed E-state index contributed by atoms with van der Waals surface area (Å²) in [5.41, 5.74) is 5.14. The number of halogens is 1. The van der Waals surface area contributed by atoms with Crippen molar-refractivity contribution in [1.82, 2.24) is 10.3 Å². The summed E-state index contributed by atoms with van der Waals surface area (Å²) in [4.78, 5) is 5.58. The second-order valence-electron chi connectivity index (χ2n) is 5.08. The van der Waals surface area contributed by atoms with E-state index in [1.807, 2.05) is 25.4 Å². The van der Waals surface area contributed by atoms with Crippen molar-refractivity contribution in [3.05, 3.63) is 51.2 Å². The highest BCUT2D eigenvalue weighted by Gasteiger charge is 2.17. The van der Waals surface area contributed by atoms with Crippen LogP contribution in [-0.2, 0) is 6.42 Å². The highest BCUT2D eigenvalue weighted by atomic mass is 32.1. The first-order valence-corrected chi connectivity index (χ1v) is 7.88. The molecule has 0 radical (unpaired) electrons. The van der Waals surface area contributed by atoms with Gasteiger partial charge in [0.1, 0.15) is 5.82 Å². The molecule has 2 rings (SSSR count). The van der Waals surface area contributed by atoms with E-state index in [0.717, 1.165) is 36.2 Å². The van der Waals surface area contributed by atoms with E-state index in [1.54, 1.807) is 17.4 Å². The van der Waals surface area contributed by atoms with Crippen molar-refractivity contribution in [1.29, 1.82) is 0 Å². The summed E-state index contributed by atoms with van der Waals surface area (Å²) in [6, 6.07) is 5.22. The molecule has 1 aromatic carbocycles. The topological polar surface area (TPSA) is 24.9 Å². The molecule has 0 aliphatic heterocycles. The maximum Gasteiger partial charge on any atom is 0.123 e. The molecule has 0 saturated heterocycles. The zero-order valence-corrected chi connectivity index (χ0v) is 13.1. The van der Waals surface area contributed by atoms with E-state index < -0.39 is 0 Å². The first-order chi connectivity index (χ1) is 9.61. The van der Waals surface area contributed by atoms with E-state index in [-0.39, 0.29) is 11.9 Å². The van der Waals surface area contributed by atoms with Gasteiger partial charge in [0.25, 0.3) is 0 Å². The minimum absolute atomic E-state index is 0.166. The number of aromatic nitrogens is 1. The second kappa shape index (κ2) is 6.95. The number of aryl methyl sites for hydroxylation is 2. The van der Waals surface area contributed by atoms with Crippen molar-refractivity contribution in [3.8, 4) is 0 Å². The summed E-state index contributed by atoms with van der Waals surface area (Å²) in [7, 11) is 0. The van der Waals surface area contributed by atoms with Gasteiger partial charge in [-0.2, -0.15) is 0 Å². The van der Waals surface area contributed by atoms with Gasteiger partial charge >= 0.3 is 0 Å². The van der Waals surface area contributed by atoms with Gasteiger partial charge in [-0.05, 0) is 56.5 Å². The Morgan fingerprint density at radius 1 is 1.35 bits per heavy atom. The molecular formula is C16H21FN2S. The third kappa shape index (κ3) is 3.64. The molecule has 4 heteroatoms. The largest absolute Gasteiger partial charge is 0.309 e. The molecule has 20 heavy (non-hydrogen) atoms. The van der Waals surface area contributed by atoms with E-state index in [4.69, 9.17) is 0 Å². The highest BCUT2D eigenvalue weighted by Crippen LogP contribution is 2.26. The molecule has 0 amide bonds. The van der Waals surface area contributed by atoms with Gasteiger partial charge in [-0.25, -0.2) is 9.37 Å². The number of benzene rings is 1. The molecule has 1 heterocycles. The summed E-state index contributed by atoms with van der Waals surface area (Å²) in [6.45, 7) is 7.17. The average molecular weight is 292 g/mol. The Morgan fingerprint density at radius 2 is 2.15 bits per heavy atom. The predicted molar refractivity (Wildman–Crippen MR) is 82.7 cm³/mol. The van der Waals surface area contributed by atoms with Crippen LogP contribution < -0.4 is 5.32 Å². The molecule has 2 aromatic rings. The van der Waals surface area contributed by atoms with Crippen molar-refractivity contribution in [2.45, 2.75) is 39.7 Å². The van der Waals surface area contributed by atoms with Crippen LogP contribution in [0.5, 0.6) is 0 Å². The molecule has 0 bridgehead atoms. The van der Waals surface area contributed by atoms with Gasteiger partial charge < -0.3 is 5.32 Å². The molecule has 108 valence electrons. The van der Waals surface area contributed by atoms with Crippen LogP contribution in [0.15, 0.2) is 23.7 Å². The van der Waals surface area contributed by atoms with Gasteiger partial charge in [0, 0.05) is 10.9 Å². The minimum Gasteiger partial charge on any atom is -0.309 e. The number of nitrogens with one attached hydrogen (secondary N) is 1. The second-order valence-corrected chi connectivity index (χ2v) is 5.97. The van der Waals surface area contributed by atoms with Crippen molar-refractivity contribution in [2.75, 3.05) is 6.54 Å². The lowest BCUT2D eigenvalue weighted by molar-refractivity contribution is 0.530. The van der Waals surface area contributed by atoms with Gasteiger partial charge in [-0.15, -0.1) is 11.3 Å². The third-order valence-electron chi connectivity index (χ3n) is 3.48. The van der Waals surface area contributed by atoms with Crippen molar-refractivity contribution >= 4 is 11.3 Å². The zero-order valence-electron chi connectivity index (χ0n) is 12.2. The lowest BCUT2D eigenvalue weighted by Crippen LogP contribution is -2.24. The van der Waals surface area contributed by atoms with Crippen LogP contribution in [0, 0.1) is 19.7 Å². The highest BCUT2D eigenvalue weighted by molar-refractivity contribution is 7.09. The molecule has 0 aliphatic rings. The van der Waals surface area contributed by atoms with Crippen molar-refractivity contribution in [3.63, 3.8) is 0 Å². The van der Waals surface area contributed by atoms with Crippen molar-refractivity contribution in [2.24, 2.45) is 0 Å². The molecule has 2 nitrogen and oxygen atoms in total. The Bertz CT molecular complexity index is 565. The Balaban J connectivity index is 2.23. The molecule has 1 unspecified atom stereocenters. The molecular weight excluding hydrogens is 271 g/mol. The van der Waals surface area contributed by atoms with Gasteiger partial charge in [0.15, 0.2) is 0 Å². The molecule has 0 fully saturated rings. The smallest absolute Gasteiger partial charge is 0.123 e. The van der Waals surface area contributed by atoms with Crippen LogP contribution in [-0.4, -0.2) is 11.5 Å². The maximum absolute atomic E-state index is 13.4. The quantitative estimate of drug-likeness (QED) is 0.864. The van der Waals surface area contributed by atoms with E-state index in [1.165, 1.54) is 10.9 Å². The summed E-state index contributed by atoms with van der Waals surface area (Å²) in [5, 5.41) is 3.56. The van der Waals surface area contributed by atoms with Crippen LogP contribution in [0.4, 0.5) is 4.39 Å². The Hall–Kier alpha value is -1.26.